The van der Waals surface area contributed by atoms with Crippen molar-refractivity contribution >= 4 is 5.97 Å². The van der Waals surface area contributed by atoms with Crippen molar-refractivity contribution in [2.45, 2.75) is 19.4 Å². The number of hydrogen-bond donors (Lipinski definition) is 1. The minimum atomic E-state index is -0.929. The number of benzene rings is 2. The molecule has 0 amide bonds. The second-order valence-electron chi connectivity index (χ2n) is 6.01. The Morgan fingerprint density at radius 1 is 1.12 bits per heavy atom. The zero-order chi connectivity index (χ0) is 16.9. The summed E-state index contributed by atoms with van der Waals surface area (Å²) in [4.78, 5) is 10.8. The summed E-state index contributed by atoms with van der Waals surface area (Å²) in [6.45, 7) is 1.79. The van der Waals surface area contributed by atoms with Crippen LogP contribution in [0.3, 0.4) is 0 Å². The number of ether oxygens (including phenoxy) is 1. The van der Waals surface area contributed by atoms with Crippen LogP contribution in [0.2, 0.25) is 0 Å². The summed E-state index contributed by atoms with van der Waals surface area (Å²) in [5.41, 5.74) is 3.02. The molecular formula is C21H20O3. The van der Waals surface area contributed by atoms with E-state index >= 15 is 0 Å². The Hall–Kier alpha value is -2.81. The fourth-order valence-corrected chi connectivity index (χ4v) is 3.02. The summed E-state index contributed by atoms with van der Waals surface area (Å²) in [6.07, 6.45) is 5.93. The van der Waals surface area contributed by atoms with Crippen LogP contribution in [0.15, 0.2) is 78.4 Å². The maximum atomic E-state index is 10.8. The fourth-order valence-electron chi connectivity index (χ4n) is 3.02. The fraction of sp³-hybridized carbons (Fsp3) is 0.190. The monoisotopic (exact) mass is 320 g/mol. The van der Waals surface area contributed by atoms with E-state index in [2.05, 4.69) is 24.3 Å². The first-order valence-corrected chi connectivity index (χ1v) is 8.02. The topological polar surface area (TPSA) is 46.5 Å². The van der Waals surface area contributed by atoms with Crippen molar-refractivity contribution in [3.63, 3.8) is 0 Å². The molecule has 3 nitrogen and oxygen atoms in total. The van der Waals surface area contributed by atoms with Gasteiger partial charge in [-0.3, -0.25) is 0 Å². The number of rotatable bonds is 4. The number of fused-ring (bicyclic) bond motifs is 1. The average molecular weight is 320 g/mol. The van der Waals surface area contributed by atoms with Gasteiger partial charge in [-0.05, 0) is 36.1 Å². The largest absolute Gasteiger partial charge is 0.485 e. The normalized spacial score (nSPS) is 20.5. The van der Waals surface area contributed by atoms with Gasteiger partial charge in [-0.1, -0.05) is 60.7 Å². The molecule has 2 aromatic rings. The lowest BCUT2D eigenvalue weighted by molar-refractivity contribution is -0.131. The molecule has 3 rings (SSSR count). The second kappa shape index (κ2) is 7.18. The minimum Gasteiger partial charge on any atom is -0.485 e. The maximum absolute atomic E-state index is 10.8. The Kier molecular flexibility index (Phi) is 4.80. The molecular weight excluding hydrogens is 300 g/mol. The van der Waals surface area contributed by atoms with E-state index in [4.69, 9.17) is 9.84 Å². The van der Waals surface area contributed by atoms with Gasteiger partial charge in [0.15, 0.2) is 0 Å². The van der Waals surface area contributed by atoms with Crippen molar-refractivity contribution in [1.29, 1.82) is 0 Å². The van der Waals surface area contributed by atoms with Gasteiger partial charge < -0.3 is 9.84 Å². The van der Waals surface area contributed by atoms with Crippen LogP contribution in [-0.4, -0.2) is 11.1 Å². The lowest BCUT2D eigenvalue weighted by Crippen LogP contribution is -2.24. The summed E-state index contributed by atoms with van der Waals surface area (Å²) in [7, 11) is 0. The number of carboxylic acid groups (broad SMARTS) is 1. The van der Waals surface area contributed by atoms with Gasteiger partial charge in [-0.25, -0.2) is 4.79 Å². The Bertz CT molecular complexity index is 775. The van der Waals surface area contributed by atoms with E-state index in [0.717, 1.165) is 17.7 Å². The molecule has 1 N–H and O–H groups in total. The van der Waals surface area contributed by atoms with Crippen molar-refractivity contribution in [3.8, 4) is 5.75 Å². The first kappa shape index (κ1) is 16.1. The number of allylic oxidation sites excluding steroid dienone is 2. The Labute approximate surface area is 141 Å². The van der Waals surface area contributed by atoms with Crippen molar-refractivity contribution in [3.05, 3.63) is 89.5 Å². The van der Waals surface area contributed by atoms with Crippen molar-refractivity contribution < 1.29 is 14.6 Å². The first-order chi connectivity index (χ1) is 11.6. The highest BCUT2D eigenvalue weighted by atomic mass is 16.5. The minimum absolute atomic E-state index is 0.0741. The third-order valence-corrected chi connectivity index (χ3v) is 4.16. The second-order valence-corrected chi connectivity index (χ2v) is 6.01. The van der Waals surface area contributed by atoms with Gasteiger partial charge in [0.05, 0.1) is 0 Å². The van der Waals surface area contributed by atoms with E-state index in [1.807, 2.05) is 42.5 Å². The Morgan fingerprint density at radius 3 is 2.58 bits per heavy atom. The average Bonchev–Trinajstić information content (AvgIpc) is 2.59. The number of aliphatic carboxylic acids is 1. The van der Waals surface area contributed by atoms with Gasteiger partial charge in [0.2, 0.25) is 0 Å². The molecule has 24 heavy (non-hydrogen) atoms. The van der Waals surface area contributed by atoms with Gasteiger partial charge in [0, 0.05) is 12.0 Å². The van der Waals surface area contributed by atoms with Crippen LogP contribution in [0.1, 0.15) is 24.2 Å². The SMILES string of the molecule is CC(/C=C/C1Cc2ccccc2OC1c1ccccc1)=C\C(=O)O. The molecule has 122 valence electrons. The van der Waals surface area contributed by atoms with Crippen molar-refractivity contribution in [1.82, 2.24) is 0 Å². The number of hydrogen-bond acceptors (Lipinski definition) is 2. The highest BCUT2D eigenvalue weighted by Crippen LogP contribution is 2.39. The summed E-state index contributed by atoms with van der Waals surface area (Å²) in [6, 6.07) is 18.2. The zero-order valence-corrected chi connectivity index (χ0v) is 13.6. The predicted molar refractivity (Wildman–Crippen MR) is 94.0 cm³/mol. The molecule has 2 aromatic carbocycles. The first-order valence-electron chi connectivity index (χ1n) is 8.02. The van der Waals surface area contributed by atoms with Crippen LogP contribution in [-0.2, 0) is 11.2 Å². The molecule has 0 fully saturated rings. The van der Waals surface area contributed by atoms with Crippen LogP contribution in [0, 0.1) is 5.92 Å². The Balaban J connectivity index is 1.92. The smallest absolute Gasteiger partial charge is 0.328 e. The molecule has 3 heteroatoms. The van der Waals surface area contributed by atoms with E-state index in [1.165, 1.54) is 11.6 Å². The van der Waals surface area contributed by atoms with E-state index in [9.17, 15) is 4.79 Å². The van der Waals surface area contributed by atoms with E-state index in [0.29, 0.717) is 5.57 Å². The van der Waals surface area contributed by atoms with Crippen LogP contribution in [0.25, 0.3) is 0 Å². The third-order valence-electron chi connectivity index (χ3n) is 4.16. The Morgan fingerprint density at radius 2 is 1.83 bits per heavy atom. The molecule has 1 aliphatic rings. The molecule has 2 unspecified atom stereocenters. The number of para-hydroxylation sites is 1. The van der Waals surface area contributed by atoms with E-state index in [-0.39, 0.29) is 12.0 Å². The summed E-state index contributed by atoms with van der Waals surface area (Å²) in [5.74, 6) is 0.148. The molecule has 0 aromatic heterocycles. The molecule has 1 aliphatic heterocycles. The summed E-state index contributed by atoms with van der Waals surface area (Å²) < 4.78 is 6.26. The molecule has 0 saturated carbocycles. The van der Waals surface area contributed by atoms with Crippen LogP contribution >= 0.6 is 0 Å². The molecule has 1 heterocycles. The summed E-state index contributed by atoms with van der Waals surface area (Å²) >= 11 is 0. The zero-order valence-electron chi connectivity index (χ0n) is 13.6. The summed E-state index contributed by atoms with van der Waals surface area (Å²) in [5, 5.41) is 8.85. The van der Waals surface area contributed by atoms with Crippen LogP contribution in [0.5, 0.6) is 5.75 Å². The van der Waals surface area contributed by atoms with Gasteiger partial charge in [0.1, 0.15) is 11.9 Å². The van der Waals surface area contributed by atoms with Gasteiger partial charge >= 0.3 is 5.97 Å². The molecule has 0 bridgehead atoms. The van der Waals surface area contributed by atoms with Crippen LogP contribution in [0.4, 0.5) is 0 Å². The van der Waals surface area contributed by atoms with Gasteiger partial charge in [0.25, 0.3) is 0 Å². The van der Waals surface area contributed by atoms with Crippen LogP contribution < -0.4 is 4.74 Å². The molecule has 0 aliphatic carbocycles. The van der Waals surface area contributed by atoms with E-state index < -0.39 is 5.97 Å². The molecule has 0 radical (unpaired) electrons. The maximum Gasteiger partial charge on any atom is 0.328 e. The highest BCUT2D eigenvalue weighted by molar-refractivity contribution is 5.81. The van der Waals surface area contributed by atoms with Gasteiger partial charge in [-0.2, -0.15) is 0 Å². The molecule has 0 spiro atoms. The van der Waals surface area contributed by atoms with E-state index in [1.54, 1.807) is 6.92 Å². The van der Waals surface area contributed by atoms with Crippen molar-refractivity contribution in [2.75, 3.05) is 0 Å². The third kappa shape index (κ3) is 3.74. The van der Waals surface area contributed by atoms with Crippen molar-refractivity contribution in [2.24, 2.45) is 5.92 Å². The molecule has 0 saturated heterocycles. The standard InChI is InChI=1S/C21H20O3/c1-15(13-20(22)23)11-12-18-14-17-9-5-6-10-19(17)24-21(18)16-7-3-2-4-8-16/h2-13,18,21H,14H2,1H3,(H,22,23)/b12-11+,15-13+. The highest BCUT2D eigenvalue weighted by Gasteiger charge is 2.29. The molecule has 2 atom stereocenters. The lowest BCUT2D eigenvalue weighted by atomic mass is 9.86. The lowest BCUT2D eigenvalue weighted by Gasteiger charge is -2.32. The predicted octanol–water partition coefficient (Wildman–Crippen LogP) is 4.57. The quantitative estimate of drug-likeness (QED) is 0.663. The van der Waals surface area contributed by atoms with Gasteiger partial charge in [-0.15, -0.1) is 0 Å². The number of carboxylic acids is 1. The number of carbonyl (C=O) groups is 1.